The summed E-state index contributed by atoms with van der Waals surface area (Å²) in [4.78, 5) is 11.6. The van der Waals surface area contributed by atoms with Crippen molar-refractivity contribution in [3.8, 4) is 0 Å². The smallest absolute Gasteiger partial charge is 0.459 e. The van der Waals surface area contributed by atoms with Crippen molar-refractivity contribution < 1.29 is 31.3 Å². The van der Waals surface area contributed by atoms with Gasteiger partial charge in [0.15, 0.2) is 0 Å². The molecule has 1 N–H and O–H groups in total. The van der Waals surface area contributed by atoms with Gasteiger partial charge in [-0.2, -0.15) is 17.2 Å². The molecule has 0 aliphatic heterocycles. The Morgan fingerprint density at radius 1 is 1.21 bits per heavy atom. The molecule has 3 aliphatic rings. The maximum absolute atomic E-state index is 13.5. The maximum atomic E-state index is 13.5. The molecule has 0 radical (unpaired) electrons. The van der Waals surface area contributed by atoms with Gasteiger partial charge in [0.2, 0.25) is 0 Å². The fraction of sp³-hybridized carbons (Fsp3) is 0.750. The Balaban J connectivity index is 1.76. The number of ether oxygens (including phenoxy) is 1. The number of allylic oxidation sites excluding steroid dienone is 3. The molecule has 158 valence electrons. The van der Waals surface area contributed by atoms with Crippen LogP contribution in [-0.4, -0.2) is 30.8 Å². The second-order valence-corrected chi connectivity index (χ2v) is 10.8. The van der Waals surface area contributed by atoms with Crippen LogP contribution in [-0.2, 0) is 19.6 Å². The third-order valence-corrected chi connectivity index (χ3v) is 7.34. The van der Waals surface area contributed by atoms with Crippen molar-refractivity contribution in [1.29, 1.82) is 0 Å². The molecule has 0 heterocycles. The van der Waals surface area contributed by atoms with Gasteiger partial charge in [0.25, 0.3) is 0 Å². The van der Waals surface area contributed by atoms with Crippen molar-refractivity contribution in [2.45, 2.75) is 64.6 Å². The Bertz CT molecular complexity index is 824. The van der Waals surface area contributed by atoms with Crippen molar-refractivity contribution in [1.82, 2.24) is 0 Å². The molecule has 3 rings (SSSR count). The molecule has 0 aromatic carbocycles. The van der Waals surface area contributed by atoms with Crippen LogP contribution in [0, 0.1) is 22.7 Å². The van der Waals surface area contributed by atoms with Gasteiger partial charge < -0.3 is 4.74 Å². The van der Waals surface area contributed by atoms with Gasteiger partial charge >= 0.3 is 21.3 Å². The van der Waals surface area contributed by atoms with Gasteiger partial charge in [-0.25, -0.2) is 4.79 Å². The first-order valence-corrected chi connectivity index (χ1v) is 11.2. The van der Waals surface area contributed by atoms with Gasteiger partial charge in [-0.1, -0.05) is 45.8 Å². The number of carbonyl (C=O) groups excluding carboxylic acids is 1. The summed E-state index contributed by atoms with van der Waals surface area (Å²) in [6.45, 7) is 5.92. The van der Waals surface area contributed by atoms with Crippen LogP contribution >= 0.6 is 0 Å². The first-order valence-electron chi connectivity index (χ1n) is 9.72. The SMILES string of the molecule is CC1CCC(C2(C)C=C3CC3=CC(C)(COC(=O)C(F)(F)S(=O)(=O)O)C2)CC1. The molecule has 2 fully saturated rings. The van der Waals surface area contributed by atoms with E-state index in [4.69, 9.17) is 9.29 Å². The largest absolute Gasteiger partial charge is 0.465 e. The van der Waals surface area contributed by atoms with Gasteiger partial charge in [0.1, 0.15) is 6.61 Å². The van der Waals surface area contributed by atoms with Crippen LogP contribution < -0.4 is 0 Å². The number of halogens is 2. The minimum absolute atomic E-state index is 0.142. The van der Waals surface area contributed by atoms with Crippen LogP contribution in [0.3, 0.4) is 0 Å². The Morgan fingerprint density at radius 3 is 2.36 bits per heavy atom. The lowest BCUT2D eigenvalue weighted by atomic mass is 9.62. The summed E-state index contributed by atoms with van der Waals surface area (Å²) in [5.74, 6) is -1.06. The van der Waals surface area contributed by atoms with Crippen molar-refractivity contribution in [2.75, 3.05) is 6.61 Å². The van der Waals surface area contributed by atoms with E-state index in [2.05, 4.69) is 19.9 Å². The number of hydrogen-bond donors (Lipinski definition) is 1. The lowest BCUT2D eigenvalue weighted by Gasteiger charge is -2.43. The molecule has 28 heavy (non-hydrogen) atoms. The molecule has 0 bridgehead atoms. The number of fused-ring (bicyclic) bond motifs is 1. The number of hydrogen-bond acceptors (Lipinski definition) is 4. The Hall–Kier alpha value is -1.28. The molecule has 2 unspecified atom stereocenters. The van der Waals surface area contributed by atoms with Gasteiger partial charge in [-0.05, 0) is 54.1 Å². The zero-order valence-corrected chi connectivity index (χ0v) is 17.3. The molecule has 5 nitrogen and oxygen atoms in total. The molecule has 2 saturated carbocycles. The zero-order valence-electron chi connectivity index (χ0n) is 16.5. The predicted molar refractivity (Wildman–Crippen MR) is 100 cm³/mol. The van der Waals surface area contributed by atoms with Crippen LogP contribution in [0.4, 0.5) is 8.78 Å². The average Bonchev–Trinajstić information content (AvgIpc) is 3.28. The summed E-state index contributed by atoms with van der Waals surface area (Å²) >= 11 is 0. The highest BCUT2D eigenvalue weighted by Crippen LogP contribution is 2.55. The van der Waals surface area contributed by atoms with Crippen LogP contribution in [0.1, 0.15) is 59.3 Å². The lowest BCUT2D eigenvalue weighted by Crippen LogP contribution is -2.41. The fourth-order valence-electron chi connectivity index (χ4n) is 4.93. The summed E-state index contributed by atoms with van der Waals surface area (Å²) in [5, 5.41) is -4.97. The van der Waals surface area contributed by atoms with E-state index in [-0.39, 0.29) is 12.0 Å². The molecular formula is C20H28F2O5S. The highest BCUT2D eigenvalue weighted by atomic mass is 32.2. The predicted octanol–water partition coefficient (Wildman–Crippen LogP) is 4.51. The summed E-state index contributed by atoms with van der Waals surface area (Å²) in [6.07, 6.45) is 10.3. The van der Waals surface area contributed by atoms with E-state index in [1.165, 1.54) is 5.57 Å². The first kappa shape index (κ1) is 21.4. The quantitative estimate of drug-likeness (QED) is 0.525. The minimum atomic E-state index is -5.86. The second-order valence-electron chi connectivity index (χ2n) is 9.38. The zero-order chi connectivity index (χ0) is 21.0. The summed E-state index contributed by atoms with van der Waals surface area (Å²) in [6, 6.07) is 0. The summed E-state index contributed by atoms with van der Waals surface area (Å²) in [5.41, 5.74) is 1.57. The first-order chi connectivity index (χ1) is 12.8. The van der Waals surface area contributed by atoms with E-state index in [1.54, 1.807) is 0 Å². The summed E-state index contributed by atoms with van der Waals surface area (Å²) in [7, 11) is -5.86. The fourth-order valence-corrected chi connectivity index (χ4v) is 5.20. The minimum Gasteiger partial charge on any atom is -0.459 e. The molecule has 0 aromatic heterocycles. The molecule has 0 aromatic rings. The van der Waals surface area contributed by atoms with Gasteiger partial charge in [-0.3, -0.25) is 4.55 Å². The highest BCUT2D eigenvalue weighted by Gasteiger charge is 2.55. The van der Waals surface area contributed by atoms with E-state index in [0.29, 0.717) is 18.3 Å². The molecule has 0 amide bonds. The summed E-state index contributed by atoms with van der Waals surface area (Å²) < 4.78 is 61.8. The van der Waals surface area contributed by atoms with Gasteiger partial charge in [-0.15, -0.1) is 0 Å². The third kappa shape index (κ3) is 4.17. The number of carbonyl (C=O) groups is 1. The topological polar surface area (TPSA) is 80.7 Å². The maximum Gasteiger partial charge on any atom is 0.465 e. The Morgan fingerprint density at radius 2 is 1.79 bits per heavy atom. The van der Waals surface area contributed by atoms with Crippen molar-refractivity contribution in [2.24, 2.45) is 22.7 Å². The van der Waals surface area contributed by atoms with Crippen molar-refractivity contribution in [3.63, 3.8) is 0 Å². The van der Waals surface area contributed by atoms with Gasteiger partial charge in [0.05, 0.1) is 0 Å². The van der Waals surface area contributed by atoms with Crippen LogP contribution in [0.2, 0.25) is 0 Å². The van der Waals surface area contributed by atoms with Crippen molar-refractivity contribution in [3.05, 3.63) is 23.3 Å². The van der Waals surface area contributed by atoms with Crippen LogP contribution in [0.5, 0.6) is 0 Å². The average molecular weight is 419 g/mol. The monoisotopic (exact) mass is 418 g/mol. The molecule has 3 aliphatic carbocycles. The number of esters is 1. The Kier molecular flexibility index (Phi) is 5.28. The molecular weight excluding hydrogens is 390 g/mol. The normalized spacial score (nSPS) is 35.9. The van der Waals surface area contributed by atoms with E-state index >= 15 is 0 Å². The van der Waals surface area contributed by atoms with Crippen LogP contribution in [0.15, 0.2) is 23.3 Å². The molecule has 8 heteroatoms. The third-order valence-electron chi connectivity index (χ3n) is 6.52. The van der Waals surface area contributed by atoms with Crippen molar-refractivity contribution >= 4 is 16.1 Å². The van der Waals surface area contributed by atoms with E-state index in [9.17, 15) is 22.0 Å². The van der Waals surface area contributed by atoms with Crippen LogP contribution in [0.25, 0.3) is 0 Å². The van der Waals surface area contributed by atoms with E-state index in [1.807, 2.05) is 13.0 Å². The Labute approximate surface area is 165 Å². The highest BCUT2D eigenvalue weighted by molar-refractivity contribution is 7.87. The number of alkyl halides is 2. The second kappa shape index (κ2) is 6.90. The van der Waals surface area contributed by atoms with E-state index in [0.717, 1.165) is 37.7 Å². The lowest BCUT2D eigenvalue weighted by molar-refractivity contribution is -0.164. The van der Waals surface area contributed by atoms with Gasteiger partial charge in [0, 0.05) is 5.41 Å². The molecule has 0 spiro atoms. The van der Waals surface area contributed by atoms with E-state index < -0.39 is 26.8 Å². The standard InChI is InChI=1S/C20H28F2O5S/c1-13-4-6-16(7-5-13)19(3)10-15-8-14(15)9-18(2,11-19)12-27-17(23)20(21,22)28(24,25)26/h9-10,13,16H,4-8,11-12H2,1-3H3,(H,24,25,26). The molecule has 2 atom stereocenters. The number of rotatable bonds is 5. The molecule has 0 saturated heterocycles.